The normalized spacial score (nSPS) is 16.1. The van der Waals surface area contributed by atoms with Crippen LogP contribution in [-0.4, -0.2) is 211 Å². The number of nitrogens with one attached hydrogen (secondary N) is 7. The summed E-state index contributed by atoms with van der Waals surface area (Å²) in [7, 11) is 0. The molecule has 14 N–H and O–H groups in total. The van der Waals surface area contributed by atoms with Gasteiger partial charge in [0.2, 0.25) is 35.4 Å². The number of ether oxygens (including phenoxy) is 1. The van der Waals surface area contributed by atoms with E-state index in [1.165, 1.54) is 43.0 Å². The molecule has 0 radical (unpaired) electrons. The Morgan fingerprint density at radius 1 is 0.556 bits per heavy atom. The fourth-order valence-electron chi connectivity index (χ4n) is 10.6. The second-order valence-corrected chi connectivity index (χ2v) is 25.8. The van der Waals surface area contributed by atoms with Crippen LogP contribution in [0.3, 0.4) is 0 Å². The van der Waals surface area contributed by atoms with Crippen LogP contribution in [0.25, 0.3) is 0 Å². The lowest BCUT2D eigenvalue weighted by Gasteiger charge is -2.26. The van der Waals surface area contributed by atoms with Crippen LogP contribution in [0.5, 0.6) is 0 Å². The number of carbonyl (C=O) groups excluding carboxylic acids is 13. The first-order valence-electron chi connectivity index (χ1n) is 32.8. The van der Waals surface area contributed by atoms with Gasteiger partial charge in [0.05, 0.1) is 54.8 Å². The highest BCUT2D eigenvalue weighted by Gasteiger charge is 2.38. The molecule has 2 rings (SSSR count). The third-order valence-corrected chi connectivity index (χ3v) is 17.0. The van der Waals surface area contributed by atoms with Crippen LogP contribution in [0.2, 0.25) is 0 Å². The molecule has 32 nitrogen and oxygen atoms in total. The molecule has 1 aromatic carbocycles. The molecule has 1 aromatic rings. The maximum absolute atomic E-state index is 14.3. The van der Waals surface area contributed by atoms with Crippen LogP contribution in [0, 0.1) is 23.7 Å². The van der Waals surface area contributed by atoms with Crippen LogP contribution in [-0.2, 0) is 92.7 Å². The number of ketones is 7. The quantitative estimate of drug-likeness (QED) is 0.0317. The number of benzene rings is 1. The van der Waals surface area contributed by atoms with Gasteiger partial charge in [-0.05, 0) is 95.8 Å². The molecule has 11 atom stereocenters. The largest absolute Gasteiger partial charge is 0.481 e. The van der Waals surface area contributed by atoms with E-state index in [0.717, 1.165) is 0 Å². The molecule has 550 valence electrons. The Morgan fingerprint density at radius 3 is 1.54 bits per heavy atom. The molecule has 0 spiro atoms. The summed E-state index contributed by atoms with van der Waals surface area (Å²) in [6.07, 6.45) is -6.11. The Bertz CT molecular complexity index is 3050. The lowest BCUT2D eigenvalue weighted by Crippen LogP contribution is -2.53. The molecule has 1 heterocycles. The topological polar surface area (TPSA) is 528 Å². The molecule has 0 aromatic heterocycles. The highest BCUT2D eigenvalue weighted by molar-refractivity contribution is 7.98. The van der Waals surface area contributed by atoms with Gasteiger partial charge in [-0.3, -0.25) is 91.6 Å². The Morgan fingerprint density at radius 2 is 1.04 bits per heavy atom. The zero-order chi connectivity index (χ0) is 74.6. The number of hydrogen-bond donors (Lipinski definition) is 13. The molecule has 0 bridgehead atoms. The summed E-state index contributed by atoms with van der Waals surface area (Å²) in [6, 6.07) is -3.82. The molecule has 0 aliphatic carbocycles. The van der Waals surface area contributed by atoms with E-state index in [2.05, 4.69) is 37.2 Å². The summed E-state index contributed by atoms with van der Waals surface area (Å²) in [5.74, 6) is -19.7. The maximum atomic E-state index is 14.3. The van der Waals surface area contributed by atoms with Gasteiger partial charge in [-0.1, -0.05) is 45.0 Å². The molecule has 1 unspecified atom stereocenters. The van der Waals surface area contributed by atoms with Crippen molar-refractivity contribution < 1.29 is 117 Å². The Hall–Kier alpha value is -8.69. The van der Waals surface area contributed by atoms with E-state index < -0.39 is 244 Å². The second-order valence-electron chi connectivity index (χ2n) is 24.9. The third-order valence-electron chi connectivity index (χ3n) is 16.3. The van der Waals surface area contributed by atoms with Crippen LogP contribution >= 0.6 is 11.8 Å². The second kappa shape index (κ2) is 45.1. The average Bonchev–Trinajstić information content (AvgIpc) is 1.84. The number of rotatable bonds is 53. The molecule has 1 aliphatic rings. The molecular weight excluding hydrogens is 1320 g/mol. The van der Waals surface area contributed by atoms with Crippen molar-refractivity contribution in [3.05, 3.63) is 35.4 Å². The van der Waals surface area contributed by atoms with Gasteiger partial charge in [-0.25, -0.2) is 0 Å². The van der Waals surface area contributed by atoms with Crippen molar-refractivity contribution in [3.8, 4) is 0 Å². The molecule has 1 aliphatic heterocycles. The zero-order valence-corrected chi connectivity index (χ0v) is 57.5. The first-order chi connectivity index (χ1) is 46.5. The van der Waals surface area contributed by atoms with Gasteiger partial charge in [0.15, 0.2) is 40.5 Å². The number of carboxylic acid groups (broad SMARTS) is 5. The van der Waals surface area contributed by atoms with Gasteiger partial charge < -0.3 is 67.9 Å². The Kier molecular flexibility index (Phi) is 39.3. The van der Waals surface area contributed by atoms with Crippen LogP contribution in [0.1, 0.15) is 173 Å². The predicted molar refractivity (Wildman–Crippen MR) is 353 cm³/mol. The number of Topliss-reactive ketones (excluding diaryl/α,β-unsaturated/α-hetero) is 7. The molecule has 6 amide bonds. The van der Waals surface area contributed by atoms with E-state index in [0.29, 0.717) is 11.1 Å². The van der Waals surface area contributed by atoms with Crippen molar-refractivity contribution in [1.82, 2.24) is 37.2 Å². The van der Waals surface area contributed by atoms with E-state index in [1.807, 2.05) is 13.8 Å². The van der Waals surface area contributed by atoms with E-state index in [1.54, 1.807) is 20.1 Å². The lowest BCUT2D eigenvalue weighted by atomic mass is 9.89. The SMILES string of the molecule is CCC(=O)[C@H](C)NC(=O)[C@H](CSC)CC(=O)CNC(=O)[C@H](CC(C)C)NC(=O)[C@@H]1CCC(C(=O)COCCCC(=O)[C@@H](Cc2ccc(C(C)=O)cc2)NC(=O)[C@@H](CCC(=O)O)CC(=O)[C@@H](CCC(=O)O)NC(=O)[C@@H](CCC(=O)O)CC(=O)[C@@H](CCC(=O)O)NC(=O)[C@H](N)CCC(=O)O)N1. The summed E-state index contributed by atoms with van der Waals surface area (Å²) in [6.45, 7) is 7.16. The van der Waals surface area contributed by atoms with Crippen molar-refractivity contribution in [2.24, 2.45) is 29.4 Å². The highest BCUT2D eigenvalue weighted by atomic mass is 32.2. The number of nitrogens with two attached hydrogens (primary N) is 1. The Balaban J connectivity index is 2.26. The van der Waals surface area contributed by atoms with Gasteiger partial charge in [0, 0.05) is 94.0 Å². The Labute approximate surface area is 577 Å². The summed E-state index contributed by atoms with van der Waals surface area (Å²) >= 11 is 1.34. The first-order valence-corrected chi connectivity index (χ1v) is 34.2. The molecular formula is C66H96N8O24S. The highest BCUT2D eigenvalue weighted by Crippen LogP contribution is 2.22. The summed E-state index contributed by atoms with van der Waals surface area (Å²) in [4.78, 5) is 232. The van der Waals surface area contributed by atoms with Gasteiger partial charge in [0.1, 0.15) is 12.6 Å². The monoisotopic (exact) mass is 1420 g/mol. The van der Waals surface area contributed by atoms with Gasteiger partial charge in [0.25, 0.3) is 0 Å². The summed E-state index contributed by atoms with van der Waals surface area (Å²) in [5, 5.41) is 65.3. The van der Waals surface area contributed by atoms with E-state index in [4.69, 9.17) is 15.6 Å². The minimum atomic E-state index is -1.78. The summed E-state index contributed by atoms with van der Waals surface area (Å²) < 4.78 is 5.64. The van der Waals surface area contributed by atoms with Crippen molar-refractivity contribution >= 4 is 118 Å². The molecule has 1 fully saturated rings. The average molecular weight is 1420 g/mol. The van der Waals surface area contributed by atoms with E-state index >= 15 is 0 Å². The number of amides is 6. The smallest absolute Gasteiger partial charge is 0.303 e. The van der Waals surface area contributed by atoms with E-state index in [-0.39, 0.29) is 87.6 Å². The van der Waals surface area contributed by atoms with Crippen LogP contribution < -0.4 is 43.0 Å². The summed E-state index contributed by atoms with van der Waals surface area (Å²) in [5.41, 5.74) is 6.54. The van der Waals surface area contributed by atoms with Crippen molar-refractivity contribution in [3.63, 3.8) is 0 Å². The standard InChI is InChI=1S/C66H96N8O24S/c1-7-51(77)36(4)69-63(94)42(34-99-6)29-43(76)32-68-65(96)50(27-35(2)3)74-66(97)48-18-17-47(70-48)55(81)33-98-26-8-9-52(78)49(28-38-10-12-39(13-11-38)37(5)75)73-62(93)41(15-22-57(84)85)31-53(79)45(19-24-59(88)89)71-61(92)40(14-21-56(82)83)30-54(80)46(20-25-60(90)91)72-64(95)44(67)16-23-58(86)87/h10-13,35-36,40-42,44-50,70H,7-9,14-34,67H2,1-6H3,(H,68,96)(H,69,94)(H,71,92)(H,72,95)(H,73,93)(H,74,97)(H,82,83)(H,84,85)(H,86,87)(H,88,89)(H,90,91)/t36-,40-,41-,42-,44+,45+,46+,47?,48-,49+,50-/m0/s1. The van der Waals surface area contributed by atoms with Gasteiger partial charge in [-0.15, -0.1) is 0 Å². The van der Waals surface area contributed by atoms with Crippen LogP contribution in [0.15, 0.2) is 24.3 Å². The molecule has 99 heavy (non-hydrogen) atoms. The molecule has 0 saturated carbocycles. The zero-order valence-electron chi connectivity index (χ0n) is 56.7. The van der Waals surface area contributed by atoms with Crippen molar-refractivity contribution in [2.75, 3.05) is 31.8 Å². The number of hydrogen-bond acceptors (Lipinski definition) is 22. The number of carbonyl (C=O) groups is 18. The first kappa shape index (κ1) is 86.4. The fraction of sp³-hybridized carbons (Fsp3) is 0.636. The number of carboxylic acids is 5. The predicted octanol–water partition coefficient (Wildman–Crippen LogP) is 0.813. The van der Waals surface area contributed by atoms with Crippen molar-refractivity contribution in [1.29, 1.82) is 0 Å². The van der Waals surface area contributed by atoms with Gasteiger partial charge >= 0.3 is 29.8 Å². The lowest BCUT2D eigenvalue weighted by molar-refractivity contribution is -0.141. The van der Waals surface area contributed by atoms with Crippen LogP contribution in [0.4, 0.5) is 0 Å². The maximum Gasteiger partial charge on any atom is 0.303 e. The van der Waals surface area contributed by atoms with Gasteiger partial charge in [-0.2, -0.15) is 11.8 Å². The third kappa shape index (κ3) is 34.1. The molecule has 1 saturated heterocycles. The molecule has 33 heteroatoms. The number of aliphatic carboxylic acids is 5. The van der Waals surface area contributed by atoms with Crippen molar-refractivity contribution in [2.45, 2.75) is 211 Å². The number of thioether (sulfide) groups is 1. The fourth-order valence-corrected chi connectivity index (χ4v) is 11.3. The minimum absolute atomic E-state index is 0.0185. The minimum Gasteiger partial charge on any atom is -0.481 e. The van der Waals surface area contributed by atoms with E-state index in [9.17, 15) is 107 Å².